The third-order valence-electron chi connectivity index (χ3n) is 3.68. The van der Waals surface area contributed by atoms with E-state index in [9.17, 15) is 9.59 Å². The van der Waals surface area contributed by atoms with Gasteiger partial charge in [-0.05, 0) is 25.1 Å². The SMILES string of the molecule is CCn1cc(NC(=O)c2cc(-c3ccc(Cl)cc3)n[nH]2)c(C(=O)OC)n1. The Morgan fingerprint density at radius 3 is 2.69 bits per heavy atom. The predicted octanol–water partition coefficient (Wildman–Crippen LogP) is 2.99. The van der Waals surface area contributed by atoms with Gasteiger partial charge in [-0.2, -0.15) is 10.2 Å². The second-order valence-electron chi connectivity index (χ2n) is 5.37. The first kappa shape index (κ1) is 17.7. The third-order valence-corrected chi connectivity index (χ3v) is 3.93. The quantitative estimate of drug-likeness (QED) is 0.669. The monoisotopic (exact) mass is 373 g/mol. The minimum Gasteiger partial charge on any atom is -0.464 e. The molecule has 0 fully saturated rings. The zero-order valence-corrected chi connectivity index (χ0v) is 14.9. The van der Waals surface area contributed by atoms with Gasteiger partial charge in [0.15, 0.2) is 5.69 Å². The number of rotatable bonds is 5. The Morgan fingerprint density at radius 2 is 2.04 bits per heavy atom. The second-order valence-corrected chi connectivity index (χ2v) is 5.80. The number of benzene rings is 1. The highest BCUT2D eigenvalue weighted by atomic mass is 35.5. The van der Waals surface area contributed by atoms with E-state index in [1.807, 2.05) is 6.92 Å². The molecule has 2 aromatic heterocycles. The number of halogens is 1. The Kier molecular flexibility index (Phi) is 5.04. The summed E-state index contributed by atoms with van der Waals surface area (Å²) in [5.41, 5.74) is 1.98. The average Bonchev–Trinajstić information content (AvgIpc) is 3.29. The van der Waals surface area contributed by atoms with Crippen LogP contribution in [0, 0.1) is 0 Å². The molecule has 0 saturated heterocycles. The molecule has 2 N–H and O–H groups in total. The summed E-state index contributed by atoms with van der Waals surface area (Å²) < 4.78 is 6.23. The van der Waals surface area contributed by atoms with Crippen molar-refractivity contribution in [3.8, 4) is 11.3 Å². The van der Waals surface area contributed by atoms with Gasteiger partial charge in [-0.25, -0.2) is 4.79 Å². The molecule has 134 valence electrons. The van der Waals surface area contributed by atoms with E-state index in [2.05, 4.69) is 20.6 Å². The van der Waals surface area contributed by atoms with Crippen LogP contribution in [0.2, 0.25) is 5.02 Å². The van der Waals surface area contributed by atoms with Crippen molar-refractivity contribution >= 4 is 29.2 Å². The van der Waals surface area contributed by atoms with Crippen LogP contribution in [-0.4, -0.2) is 39.0 Å². The topological polar surface area (TPSA) is 102 Å². The highest BCUT2D eigenvalue weighted by molar-refractivity contribution is 6.30. The Morgan fingerprint density at radius 1 is 1.31 bits per heavy atom. The molecule has 2 heterocycles. The number of aromatic amines is 1. The van der Waals surface area contributed by atoms with Crippen molar-refractivity contribution < 1.29 is 14.3 Å². The molecule has 0 spiro atoms. The number of hydrogen-bond donors (Lipinski definition) is 2. The average molecular weight is 374 g/mol. The summed E-state index contributed by atoms with van der Waals surface area (Å²) in [7, 11) is 1.26. The predicted molar refractivity (Wildman–Crippen MR) is 96.2 cm³/mol. The summed E-state index contributed by atoms with van der Waals surface area (Å²) in [6.07, 6.45) is 1.57. The van der Waals surface area contributed by atoms with E-state index in [1.54, 1.807) is 36.5 Å². The summed E-state index contributed by atoms with van der Waals surface area (Å²) in [5, 5.41) is 14.2. The van der Waals surface area contributed by atoms with Gasteiger partial charge in [0.05, 0.1) is 18.5 Å². The number of hydrogen-bond acceptors (Lipinski definition) is 5. The van der Waals surface area contributed by atoms with E-state index in [4.69, 9.17) is 16.3 Å². The number of nitrogens with one attached hydrogen (secondary N) is 2. The van der Waals surface area contributed by atoms with Crippen molar-refractivity contribution in [2.24, 2.45) is 0 Å². The molecule has 26 heavy (non-hydrogen) atoms. The van der Waals surface area contributed by atoms with Crippen molar-refractivity contribution in [2.45, 2.75) is 13.5 Å². The van der Waals surface area contributed by atoms with Gasteiger partial charge in [0.1, 0.15) is 5.69 Å². The number of anilines is 1. The van der Waals surface area contributed by atoms with Gasteiger partial charge in [-0.15, -0.1) is 0 Å². The van der Waals surface area contributed by atoms with Crippen LogP contribution in [0.4, 0.5) is 5.69 Å². The lowest BCUT2D eigenvalue weighted by molar-refractivity contribution is 0.0594. The van der Waals surface area contributed by atoms with E-state index in [1.165, 1.54) is 11.8 Å². The minimum atomic E-state index is -0.626. The number of carbonyl (C=O) groups is 2. The molecular formula is C17H16ClN5O3. The molecule has 0 unspecified atom stereocenters. The lowest BCUT2D eigenvalue weighted by Gasteiger charge is -2.02. The van der Waals surface area contributed by atoms with Gasteiger partial charge >= 0.3 is 5.97 Å². The number of amides is 1. The van der Waals surface area contributed by atoms with Crippen LogP contribution >= 0.6 is 11.6 Å². The molecule has 9 heteroatoms. The molecule has 8 nitrogen and oxygen atoms in total. The number of nitrogens with zero attached hydrogens (tertiary/aromatic N) is 3. The maximum Gasteiger partial charge on any atom is 0.360 e. The van der Waals surface area contributed by atoms with Gasteiger partial charge < -0.3 is 10.1 Å². The van der Waals surface area contributed by atoms with E-state index < -0.39 is 11.9 Å². The molecular weight excluding hydrogens is 358 g/mol. The number of H-pyrrole nitrogens is 1. The molecule has 0 bridgehead atoms. The lowest BCUT2D eigenvalue weighted by Crippen LogP contribution is -2.15. The van der Waals surface area contributed by atoms with Crippen molar-refractivity contribution in [1.29, 1.82) is 0 Å². The van der Waals surface area contributed by atoms with E-state index in [0.717, 1.165) is 5.56 Å². The lowest BCUT2D eigenvalue weighted by atomic mass is 10.1. The molecule has 0 aliphatic rings. The Hall–Kier alpha value is -3.13. The number of carbonyl (C=O) groups excluding carboxylic acids is 2. The fourth-order valence-electron chi connectivity index (χ4n) is 2.32. The highest BCUT2D eigenvalue weighted by Gasteiger charge is 2.20. The Balaban J connectivity index is 1.82. The van der Waals surface area contributed by atoms with E-state index >= 15 is 0 Å². The molecule has 3 aromatic rings. The Bertz CT molecular complexity index is 946. The largest absolute Gasteiger partial charge is 0.464 e. The number of esters is 1. The fraction of sp³-hybridized carbons (Fsp3) is 0.176. The molecule has 3 rings (SSSR count). The molecule has 0 aliphatic heterocycles. The summed E-state index contributed by atoms with van der Waals surface area (Å²) in [4.78, 5) is 24.3. The summed E-state index contributed by atoms with van der Waals surface area (Å²) in [6, 6.07) is 8.71. The third kappa shape index (κ3) is 3.60. The standard InChI is InChI=1S/C17H16ClN5O3/c1-3-23-9-14(15(22-23)17(25)26-2)19-16(24)13-8-12(20-21-13)10-4-6-11(18)7-5-10/h4-9H,3H2,1-2H3,(H,19,24)(H,20,21). The normalized spacial score (nSPS) is 10.6. The van der Waals surface area contributed by atoms with Crippen LogP contribution in [0.15, 0.2) is 36.5 Å². The molecule has 0 aliphatic carbocycles. The van der Waals surface area contributed by atoms with E-state index in [-0.39, 0.29) is 17.1 Å². The molecule has 1 amide bonds. The van der Waals surface area contributed by atoms with Crippen molar-refractivity contribution in [3.05, 3.63) is 52.9 Å². The van der Waals surface area contributed by atoms with Crippen LogP contribution in [0.25, 0.3) is 11.3 Å². The first-order valence-corrected chi connectivity index (χ1v) is 8.18. The van der Waals surface area contributed by atoms with Crippen LogP contribution in [-0.2, 0) is 11.3 Å². The summed E-state index contributed by atoms with van der Waals surface area (Å²) >= 11 is 5.87. The molecule has 0 radical (unpaired) electrons. The molecule has 0 atom stereocenters. The maximum atomic E-state index is 12.5. The highest BCUT2D eigenvalue weighted by Crippen LogP contribution is 2.21. The van der Waals surface area contributed by atoms with Crippen molar-refractivity contribution in [2.75, 3.05) is 12.4 Å². The molecule has 0 saturated carbocycles. The summed E-state index contributed by atoms with van der Waals surface area (Å²) in [5.74, 6) is -1.07. The number of aryl methyl sites for hydroxylation is 1. The van der Waals surface area contributed by atoms with Crippen LogP contribution in [0.1, 0.15) is 27.9 Å². The van der Waals surface area contributed by atoms with Crippen LogP contribution in [0.5, 0.6) is 0 Å². The van der Waals surface area contributed by atoms with Gasteiger partial charge in [0.2, 0.25) is 0 Å². The maximum absolute atomic E-state index is 12.5. The first-order chi connectivity index (χ1) is 12.5. The zero-order valence-electron chi connectivity index (χ0n) is 14.1. The van der Waals surface area contributed by atoms with Gasteiger partial charge in [0.25, 0.3) is 5.91 Å². The summed E-state index contributed by atoms with van der Waals surface area (Å²) in [6.45, 7) is 2.41. The number of ether oxygens (including phenoxy) is 1. The number of methoxy groups -OCH3 is 1. The molecule has 1 aromatic carbocycles. The minimum absolute atomic E-state index is 0.0418. The van der Waals surface area contributed by atoms with Gasteiger partial charge in [0, 0.05) is 23.3 Å². The van der Waals surface area contributed by atoms with Crippen LogP contribution < -0.4 is 5.32 Å². The first-order valence-electron chi connectivity index (χ1n) is 7.80. The second kappa shape index (κ2) is 7.40. The zero-order chi connectivity index (χ0) is 18.7. The Labute approximate surface area is 154 Å². The number of aromatic nitrogens is 4. The van der Waals surface area contributed by atoms with Crippen molar-refractivity contribution in [3.63, 3.8) is 0 Å². The fourth-order valence-corrected chi connectivity index (χ4v) is 2.44. The van der Waals surface area contributed by atoms with Gasteiger partial charge in [-0.3, -0.25) is 14.6 Å². The smallest absolute Gasteiger partial charge is 0.360 e. The van der Waals surface area contributed by atoms with Crippen molar-refractivity contribution in [1.82, 2.24) is 20.0 Å². The van der Waals surface area contributed by atoms with Crippen LogP contribution in [0.3, 0.4) is 0 Å². The van der Waals surface area contributed by atoms with Gasteiger partial charge in [-0.1, -0.05) is 23.7 Å². The van der Waals surface area contributed by atoms with E-state index in [0.29, 0.717) is 17.3 Å².